The molecule has 0 bridgehead atoms. The zero-order valence-corrected chi connectivity index (χ0v) is 16.0. The van der Waals surface area contributed by atoms with E-state index in [9.17, 15) is 22.8 Å². The summed E-state index contributed by atoms with van der Waals surface area (Å²) in [4.78, 5) is 26.1. The van der Waals surface area contributed by atoms with Gasteiger partial charge in [-0.2, -0.15) is 13.2 Å². The predicted molar refractivity (Wildman–Crippen MR) is 105 cm³/mol. The molecule has 29 heavy (non-hydrogen) atoms. The molecule has 8 heteroatoms. The lowest BCUT2D eigenvalue weighted by Gasteiger charge is -2.27. The molecular weight excluding hydrogens is 383 g/mol. The number of hydrogen-bond acceptors (Lipinski definition) is 3. The van der Waals surface area contributed by atoms with Gasteiger partial charge in [0.05, 0.1) is 5.56 Å². The third-order valence-corrected chi connectivity index (χ3v) is 4.87. The maximum Gasteiger partial charge on any atom is 0.416 e. The second kappa shape index (κ2) is 8.55. The molecule has 2 aromatic carbocycles. The lowest BCUT2D eigenvalue weighted by Crippen LogP contribution is -2.36. The molecule has 0 fully saturated rings. The van der Waals surface area contributed by atoms with E-state index in [4.69, 9.17) is 0 Å². The van der Waals surface area contributed by atoms with Crippen molar-refractivity contribution in [1.29, 1.82) is 0 Å². The number of benzene rings is 2. The molecule has 2 aromatic rings. The first-order chi connectivity index (χ1) is 13.7. The van der Waals surface area contributed by atoms with Crippen molar-refractivity contribution in [2.75, 3.05) is 30.4 Å². The van der Waals surface area contributed by atoms with Crippen LogP contribution in [0.1, 0.15) is 23.1 Å². The Kier molecular flexibility index (Phi) is 6.10. The summed E-state index contributed by atoms with van der Waals surface area (Å²) < 4.78 is 37.6. The normalized spacial score (nSPS) is 13.6. The molecule has 1 heterocycles. The maximum atomic E-state index is 12.5. The maximum absolute atomic E-state index is 12.5. The summed E-state index contributed by atoms with van der Waals surface area (Å²) in [6.07, 6.45) is -1.74. The van der Waals surface area contributed by atoms with Crippen LogP contribution in [0.4, 0.5) is 24.5 Å². The van der Waals surface area contributed by atoms with Crippen LogP contribution in [0.3, 0.4) is 0 Å². The van der Waals surface area contributed by atoms with Crippen LogP contribution < -0.4 is 15.5 Å². The van der Waals surface area contributed by atoms with Crippen LogP contribution >= 0.6 is 0 Å². The van der Waals surface area contributed by atoms with Gasteiger partial charge in [0.1, 0.15) is 0 Å². The number of rotatable bonds is 4. The molecule has 154 valence electrons. The largest absolute Gasteiger partial charge is 0.416 e. The fourth-order valence-corrected chi connectivity index (χ4v) is 3.33. The minimum atomic E-state index is -4.45. The van der Waals surface area contributed by atoms with Gasteiger partial charge in [-0.15, -0.1) is 0 Å². The Labute approximate surface area is 166 Å². The van der Waals surface area contributed by atoms with Crippen LogP contribution in [-0.2, 0) is 28.6 Å². The number of carbonyl (C=O) groups is 2. The number of amides is 2. The summed E-state index contributed by atoms with van der Waals surface area (Å²) in [5.41, 5.74) is 2.87. The lowest BCUT2D eigenvalue weighted by molar-refractivity contribution is -0.137. The SMILES string of the molecule is CN1CCCc2cc(CCNC(=O)C(=O)Nc3ccc(C(F)(F)F)cc3)ccc21. The summed E-state index contributed by atoms with van der Waals surface area (Å²) in [5.74, 6) is -1.75. The first-order valence-corrected chi connectivity index (χ1v) is 9.33. The minimum absolute atomic E-state index is 0.122. The monoisotopic (exact) mass is 405 g/mol. The van der Waals surface area contributed by atoms with Crippen LogP contribution in [0.25, 0.3) is 0 Å². The molecular formula is C21H22F3N3O2. The van der Waals surface area contributed by atoms with Crippen LogP contribution in [0.5, 0.6) is 0 Å². The van der Waals surface area contributed by atoms with Gasteiger partial charge < -0.3 is 15.5 Å². The Morgan fingerprint density at radius 2 is 1.79 bits per heavy atom. The standard InChI is InChI=1S/C21H22F3N3O2/c1-27-12-2-3-15-13-14(4-9-18(15)27)10-11-25-19(28)20(29)26-17-7-5-16(6-8-17)21(22,23)24/h4-9,13H,2-3,10-12H2,1H3,(H,25,28)(H,26,29). The second-order valence-electron chi connectivity index (χ2n) is 7.02. The van der Waals surface area contributed by atoms with E-state index in [1.807, 2.05) is 6.07 Å². The highest BCUT2D eigenvalue weighted by Crippen LogP contribution is 2.30. The van der Waals surface area contributed by atoms with Gasteiger partial charge >= 0.3 is 18.0 Å². The molecule has 0 aliphatic carbocycles. The van der Waals surface area contributed by atoms with E-state index in [2.05, 4.69) is 34.7 Å². The van der Waals surface area contributed by atoms with Gasteiger partial charge in [0.15, 0.2) is 0 Å². The molecule has 0 saturated heterocycles. The quantitative estimate of drug-likeness (QED) is 0.767. The number of nitrogens with zero attached hydrogens (tertiary/aromatic N) is 1. The van der Waals surface area contributed by atoms with E-state index in [-0.39, 0.29) is 12.2 Å². The average molecular weight is 405 g/mol. The molecule has 0 atom stereocenters. The lowest BCUT2D eigenvalue weighted by atomic mass is 9.98. The van der Waals surface area contributed by atoms with Gasteiger partial charge in [-0.05, 0) is 60.7 Å². The zero-order chi connectivity index (χ0) is 21.0. The number of aryl methyl sites for hydroxylation is 1. The number of alkyl halides is 3. The van der Waals surface area contributed by atoms with Crippen molar-refractivity contribution >= 4 is 23.2 Å². The van der Waals surface area contributed by atoms with Gasteiger partial charge in [0, 0.05) is 31.5 Å². The van der Waals surface area contributed by atoms with Gasteiger partial charge in [-0.3, -0.25) is 9.59 Å². The molecule has 3 rings (SSSR count). The van der Waals surface area contributed by atoms with Crippen molar-refractivity contribution in [1.82, 2.24) is 5.32 Å². The van der Waals surface area contributed by atoms with E-state index in [0.717, 1.165) is 49.2 Å². The third kappa shape index (κ3) is 5.28. The van der Waals surface area contributed by atoms with Gasteiger partial charge in [-0.25, -0.2) is 0 Å². The molecule has 0 spiro atoms. The Morgan fingerprint density at radius 3 is 2.48 bits per heavy atom. The predicted octanol–water partition coefficient (Wildman–Crippen LogP) is 3.39. The van der Waals surface area contributed by atoms with E-state index in [0.29, 0.717) is 6.42 Å². The number of anilines is 2. The van der Waals surface area contributed by atoms with Gasteiger partial charge in [0.25, 0.3) is 0 Å². The summed E-state index contributed by atoms with van der Waals surface area (Å²) >= 11 is 0. The summed E-state index contributed by atoms with van der Waals surface area (Å²) in [6.45, 7) is 1.32. The van der Waals surface area contributed by atoms with Gasteiger partial charge in [0.2, 0.25) is 0 Å². The van der Waals surface area contributed by atoms with Crippen LogP contribution in [-0.4, -0.2) is 32.0 Å². The van der Waals surface area contributed by atoms with Crippen molar-refractivity contribution in [2.24, 2.45) is 0 Å². The van der Waals surface area contributed by atoms with Gasteiger partial charge in [-0.1, -0.05) is 12.1 Å². The number of hydrogen-bond donors (Lipinski definition) is 2. The molecule has 0 unspecified atom stereocenters. The van der Waals surface area contributed by atoms with E-state index in [1.54, 1.807) is 0 Å². The molecule has 2 amide bonds. The van der Waals surface area contributed by atoms with Crippen molar-refractivity contribution in [3.05, 3.63) is 59.2 Å². The highest BCUT2D eigenvalue weighted by atomic mass is 19.4. The summed E-state index contributed by atoms with van der Waals surface area (Å²) in [6, 6.07) is 10.1. The molecule has 2 N–H and O–H groups in total. The van der Waals surface area contributed by atoms with Crippen LogP contribution in [0.2, 0.25) is 0 Å². The number of halogens is 3. The Morgan fingerprint density at radius 1 is 1.07 bits per heavy atom. The first kappa shape index (κ1) is 20.7. The van der Waals surface area contributed by atoms with Crippen LogP contribution in [0.15, 0.2) is 42.5 Å². The third-order valence-electron chi connectivity index (χ3n) is 4.87. The number of nitrogens with one attached hydrogen (secondary N) is 2. The fourth-order valence-electron chi connectivity index (χ4n) is 3.33. The Hall–Kier alpha value is -3.03. The molecule has 0 aromatic heterocycles. The number of carbonyl (C=O) groups excluding carboxylic acids is 2. The topological polar surface area (TPSA) is 61.4 Å². The molecule has 1 aliphatic rings. The Balaban J connectivity index is 1.48. The van der Waals surface area contributed by atoms with Crippen LogP contribution in [0, 0.1) is 0 Å². The van der Waals surface area contributed by atoms with Crippen molar-refractivity contribution in [3.63, 3.8) is 0 Å². The van der Waals surface area contributed by atoms with Crippen molar-refractivity contribution in [3.8, 4) is 0 Å². The van der Waals surface area contributed by atoms with E-state index >= 15 is 0 Å². The van der Waals surface area contributed by atoms with E-state index < -0.39 is 23.6 Å². The Bertz CT molecular complexity index is 895. The van der Waals surface area contributed by atoms with E-state index in [1.165, 1.54) is 11.3 Å². The fraction of sp³-hybridized carbons (Fsp3) is 0.333. The minimum Gasteiger partial charge on any atom is -0.374 e. The first-order valence-electron chi connectivity index (χ1n) is 9.33. The van der Waals surface area contributed by atoms with Crippen molar-refractivity contribution in [2.45, 2.75) is 25.4 Å². The second-order valence-corrected chi connectivity index (χ2v) is 7.02. The molecule has 0 radical (unpaired) electrons. The smallest absolute Gasteiger partial charge is 0.374 e. The number of fused-ring (bicyclic) bond motifs is 1. The molecule has 0 saturated carbocycles. The average Bonchev–Trinajstić information content (AvgIpc) is 2.67. The molecule has 5 nitrogen and oxygen atoms in total. The van der Waals surface area contributed by atoms with Crippen molar-refractivity contribution < 1.29 is 22.8 Å². The highest BCUT2D eigenvalue weighted by Gasteiger charge is 2.30. The molecule has 1 aliphatic heterocycles. The summed E-state index contributed by atoms with van der Waals surface area (Å²) in [7, 11) is 2.06. The summed E-state index contributed by atoms with van der Waals surface area (Å²) in [5, 5.41) is 4.83. The zero-order valence-electron chi connectivity index (χ0n) is 16.0. The highest BCUT2D eigenvalue weighted by molar-refractivity contribution is 6.39.